The summed E-state index contributed by atoms with van der Waals surface area (Å²) in [5, 5.41) is 41.6. The van der Waals surface area contributed by atoms with E-state index in [-0.39, 0.29) is 25.2 Å². The van der Waals surface area contributed by atoms with E-state index in [0.717, 1.165) is 10.9 Å². The predicted octanol–water partition coefficient (Wildman–Crippen LogP) is -2.45. The summed E-state index contributed by atoms with van der Waals surface area (Å²) in [6.07, 6.45) is 5.42. The molecule has 0 radical (unpaired) electrons. The molecule has 6 amide bonds. The number of carboxylic acid groups (broad SMARTS) is 1. The molecule has 12 N–H and O–H groups in total. The number of aromatic nitrogens is 3. The number of rotatable bonds is 20. The summed E-state index contributed by atoms with van der Waals surface area (Å²) in [6, 6.07) is -1.56. The van der Waals surface area contributed by atoms with Crippen molar-refractivity contribution < 1.29 is 48.9 Å². The molecule has 0 bridgehead atoms. The van der Waals surface area contributed by atoms with Crippen molar-refractivity contribution in [2.24, 2.45) is 11.7 Å². The molecule has 1 fully saturated rings. The number of hydrogen-bond donors (Lipinski definition) is 11. The Morgan fingerprint density at radius 3 is 2.04 bits per heavy atom. The molecule has 1 aliphatic heterocycles. The fraction of sp³-hybridized carbons (Fsp3) is 0.514. The highest BCUT2D eigenvalue weighted by Gasteiger charge is 2.38. The second-order valence-corrected chi connectivity index (χ2v) is 14.4. The Kier molecular flexibility index (Phi) is 15.7. The number of aliphatic carboxylic acids is 1. The minimum atomic E-state index is -1.69. The number of para-hydroxylation sites is 1. The van der Waals surface area contributed by atoms with Crippen LogP contribution in [0.1, 0.15) is 51.3 Å². The average Bonchev–Trinajstić information content (AvgIpc) is 3.96. The number of benzene rings is 1. The van der Waals surface area contributed by atoms with E-state index in [1.807, 2.05) is 29.6 Å². The first-order chi connectivity index (χ1) is 27.1. The monoisotopic (exact) mass is 796 g/mol. The van der Waals surface area contributed by atoms with Crippen LogP contribution < -0.4 is 32.3 Å². The van der Waals surface area contributed by atoms with E-state index in [1.165, 1.54) is 24.3 Å². The van der Waals surface area contributed by atoms with Crippen molar-refractivity contribution in [1.82, 2.24) is 46.4 Å². The first-order valence-electron chi connectivity index (χ1n) is 18.7. The largest absolute Gasteiger partial charge is 0.480 e. The number of carbonyl (C=O) groups is 7. The number of hydrogen-bond acceptors (Lipinski definition) is 11. The highest BCUT2D eigenvalue weighted by atomic mass is 16.4. The molecular weight excluding hydrogens is 744 g/mol. The van der Waals surface area contributed by atoms with Crippen LogP contribution in [0.2, 0.25) is 0 Å². The van der Waals surface area contributed by atoms with Crippen molar-refractivity contribution in [2.75, 3.05) is 19.8 Å². The minimum absolute atomic E-state index is 0.00566. The van der Waals surface area contributed by atoms with Gasteiger partial charge in [-0.25, -0.2) is 9.78 Å². The molecule has 1 saturated heterocycles. The number of aliphatic hydroxyl groups is 2. The Bertz CT molecular complexity index is 1880. The number of carboxylic acids is 1. The first kappa shape index (κ1) is 43.9. The molecule has 310 valence electrons. The lowest BCUT2D eigenvalue weighted by atomic mass is 10.0. The zero-order valence-electron chi connectivity index (χ0n) is 32.0. The number of likely N-dealkylation sites (tertiary alicyclic amines) is 1. The van der Waals surface area contributed by atoms with Gasteiger partial charge in [0.1, 0.15) is 36.3 Å². The molecule has 20 heteroatoms. The first-order valence-corrected chi connectivity index (χ1v) is 18.7. The summed E-state index contributed by atoms with van der Waals surface area (Å²) >= 11 is 0. The van der Waals surface area contributed by atoms with Gasteiger partial charge in [0, 0.05) is 42.7 Å². The summed E-state index contributed by atoms with van der Waals surface area (Å²) in [5.74, 6) is -6.23. The molecule has 0 saturated carbocycles. The van der Waals surface area contributed by atoms with Crippen molar-refractivity contribution >= 4 is 52.3 Å². The van der Waals surface area contributed by atoms with Gasteiger partial charge in [0.05, 0.1) is 31.3 Å². The van der Waals surface area contributed by atoms with Gasteiger partial charge in [-0.3, -0.25) is 28.8 Å². The Morgan fingerprint density at radius 1 is 0.825 bits per heavy atom. The molecule has 0 unspecified atom stereocenters. The number of fused-ring (bicyclic) bond motifs is 1. The fourth-order valence-corrected chi connectivity index (χ4v) is 6.55. The zero-order valence-corrected chi connectivity index (χ0v) is 32.0. The van der Waals surface area contributed by atoms with Crippen molar-refractivity contribution in [3.63, 3.8) is 0 Å². The van der Waals surface area contributed by atoms with E-state index in [9.17, 15) is 48.9 Å². The molecule has 1 aromatic carbocycles. The lowest BCUT2D eigenvalue weighted by Gasteiger charge is -2.29. The highest BCUT2D eigenvalue weighted by molar-refractivity contribution is 5.97. The molecule has 20 nitrogen and oxygen atoms in total. The number of imidazole rings is 1. The van der Waals surface area contributed by atoms with Crippen LogP contribution in [-0.4, -0.2) is 139 Å². The van der Waals surface area contributed by atoms with Crippen LogP contribution >= 0.6 is 0 Å². The summed E-state index contributed by atoms with van der Waals surface area (Å²) < 4.78 is 0. The minimum Gasteiger partial charge on any atom is -0.480 e. The Labute approximate surface area is 328 Å². The molecule has 2 aromatic heterocycles. The van der Waals surface area contributed by atoms with Gasteiger partial charge in [-0.1, -0.05) is 32.0 Å². The van der Waals surface area contributed by atoms with Crippen LogP contribution in [0.15, 0.2) is 43.0 Å². The van der Waals surface area contributed by atoms with Gasteiger partial charge in [0.2, 0.25) is 35.4 Å². The third kappa shape index (κ3) is 11.8. The highest BCUT2D eigenvalue weighted by Crippen LogP contribution is 2.21. The third-order valence-electron chi connectivity index (χ3n) is 9.51. The zero-order chi connectivity index (χ0) is 41.8. The Hall–Kier alpha value is -5.86. The summed E-state index contributed by atoms with van der Waals surface area (Å²) in [6.45, 7) is 3.52. The fourth-order valence-electron chi connectivity index (χ4n) is 6.55. The van der Waals surface area contributed by atoms with E-state index in [2.05, 4.69) is 36.2 Å². The van der Waals surface area contributed by atoms with E-state index in [0.29, 0.717) is 30.6 Å². The SMILES string of the molecule is CC(C)C[C@H](NC(=O)[C@H](Cc1c[nH]cn1)NC(=O)[C@H](Cc1c[nH]c2ccccc12)NC(=O)[C@@H]1CCCN1C(=O)[C@H](C)N)C(=O)N[C@@H](CO)C(=O)N[C@@H](CO)C(=O)O. The van der Waals surface area contributed by atoms with Crippen LogP contribution in [0.5, 0.6) is 0 Å². The van der Waals surface area contributed by atoms with Crippen LogP contribution in [0.4, 0.5) is 0 Å². The van der Waals surface area contributed by atoms with Gasteiger partial charge in [0.25, 0.3) is 0 Å². The molecule has 3 aromatic rings. The lowest BCUT2D eigenvalue weighted by molar-refractivity contribution is -0.143. The second-order valence-electron chi connectivity index (χ2n) is 14.4. The van der Waals surface area contributed by atoms with Gasteiger partial charge in [-0.15, -0.1) is 0 Å². The predicted molar refractivity (Wildman–Crippen MR) is 204 cm³/mol. The number of aromatic amines is 2. The molecule has 7 atom stereocenters. The van der Waals surface area contributed by atoms with Crippen LogP contribution in [0.3, 0.4) is 0 Å². The number of amides is 6. The number of nitrogens with one attached hydrogen (secondary N) is 7. The number of carbonyl (C=O) groups excluding carboxylic acids is 6. The normalized spacial score (nSPS) is 17.2. The smallest absolute Gasteiger partial charge is 0.328 e. The number of nitrogens with two attached hydrogens (primary N) is 1. The topological polar surface area (TPSA) is 314 Å². The number of nitrogens with zero attached hydrogens (tertiary/aromatic N) is 2. The van der Waals surface area contributed by atoms with Crippen molar-refractivity contribution in [2.45, 2.75) is 95.2 Å². The number of H-pyrrole nitrogens is 2. The van der Waals surface area contributed by atoms with Gasteiger partial charge in [0.15, 0.2) is 0 Å². The molecule has 4 rings (SSSR count). The van der Waals surface area contributed by atoms with Crippen LogP contribution in [-0.2, 0) is 46.4 Å². The standard InChI is InChI=1S/C37H52N10O10/c1-19(2)11-25(31(50)45-28(16-48)34(53)46-29(17-49)37(56)57)42-33(52)27(13-22-15-39-18-41-22)43-32(51)26(12-21-14-40-24-8-5-4-7-23(21)24)44-35(54)30-9-6-10-47(30)36(55)20(3)38/h4-5,7-8,14-15,18-20,25-30,40,48-49H,6,9-13,16-17,38H2,1-3H3,(H,39,41)(H,42,52)(H,43,51)(H,44,54)(H,45,50)(H,46,53)(H,56,57)/t20-,25-,26-,27-,28-,29-,30-/m0/s1. The van der Waals surface area contributed by atoms with E-state index in [1.54, 1.807) is 20.0 Å². The molecule has 3 heterocycles. The Morgan fingerprint density at radius 2 is 1.42 bits per heavy atom. The average molecular weight is 797 g/mol. The molecule has 57 heavy (non-hydrogen) atoms. The maximum Gasteiger partial charge on any atom is 0.328 e. The maximum atomic E-state index is 14.3. The third-order valence-corrected chi connectivity index (χ3v) is 9.51. The quantitative estimate of drug-likeness (QED) is 0.0568. The van der Waals surface area contributed by atoms with Gasteiger partial charge >= 0.3 is 5.97 Å². The van der Waals surface area contributed by atoms with E-state index >= 15 is 0 Å². The maximum absolute atomic E-state index is 14.3. The van der Waals surface area contributed by atoms with Gasteiger partial charge < -0.3 is 62.5 Å². The molecule has 1 aliphatic rings. The van der Waals surface area contributed by atoms with Crippen molar-refractivity contribution in [3.05, 3.63) is 54.2 Å². The van der Waals surface area contributed by atoms with Crippen LogP contribution in [0, 0.1) is 5.92 Å². The van der Waals surface area contributed by atoms with E-state index < -0.39 is 96.9 Å². The Balaban J connectivity index is 1.59. The summed E-state index contributed by atoms with van der Waals surface area (Å²) in [4.78, 5) is 104. The van der Waals surface area contributed by atoms with Crippen molar-refractivity contribution in [1.29, 1.82) is 0 Å². The number of aliphatic hydroxyl groups excluding tert-OH is 2. The van der Waals surface area contributed by atoms with Crippen LogP contribution in [0.25, 0.3) is 10.9 Å². The van der Waals surface area contributed by atoms with Gasteiger partial charge in [-0.05, 0) is 43.7 Å². The molecular formula is C37H52N10O10. The second kappa shape index (κ2) is 20.3. The van der Waals surface area contributed by atoms with Crippen molar-refractivity contribution in [3.8, 4) is 0 Å². The summed E-state index contributed by atoms with van der Waals surface area (Å²) in [5.41, 5.74) is 7.71. The van der Waals surface area contributed by atoms with E-state index in [4.69, 9.17) is 5.73 Å². The van der Waals surface area contributed by atoms with Gasteiger partial charge in [-0.2, -0.15) is 0 Å². The molecule has 0 aliphatic carbocycles. The summed E-state index contributed by atoms with van der Waals surface area (Å²) in [7, 11) is 0. The lowest BCUT2D eigenvalue weighted by Crippen LogP contribution is -2.60. The molecule has 0 spiro atoms.